The number of ether oxygens (including phenoxy) is 1. The predicted molar refractivity (Wildman–Crippen MR) is 95.3 cm³/mol. The highest BCUT2D eigenvalue weighted by Gasteiger charge is 2.22. The smallest absolute Gasteiger partial charge is 0.339 e. The molecule has 2 aromatic carbocycles. The van der Waals surface area contributed by atoms with Crippen molar-refractivity contribution in [3.8, 4) is 0 Å². The van der Waals surface area contributed by atoms with Crippen molar-refractivity contribution in [2.24, 2.45) is 0 Å². The summed E-state index contributed by atoms with van der Waals surface area (Å²) in [5.41, 5.74) is 1.03. The maximum Gasteiger partial charge on any atom is 0.339 e. The molecule has 2 aromatic rings. The summed E-state index contributed by atoms with van der Waals surface area (Å²) in [4.78, 5) is 12.5. The molecule has 0 aliphatic carbocycles. The summed E-state index contributed by atoms with van der Waals surface area (Å²) < 4.78 is 31.5. The van der Waals surface area contributed by atoms with Crippen LogP contribution < -0.4 is 0 Å². The normalized spacial score (nSPS) is 12.9. The Morgan fingerprint density at radius 1 is 1.12 bits per heavy atom. The molecule has 0 fully saturated rings. The number of hydrogen-bond acceptors (Lipinski definition) is 4. The van der Waals surface area contributed by atoms with Gasteiger partial charge in [-0.05, 0) is 46.6 Å². The molecule has 0 amide bonds. The Balaban J connectivity index is 2.30. The molecule has 0 aliphatic rings. The zero-order chi connectivity index (χ0) is 17.9. The van der Waals surface area contributed by atoms with Gasteiger partial charge < -0.3 is 4.74 Å². The molecule has 0 heterocycles. The summed E-state index contributed by atoms with van der Waals surface area (Å²) in [6.07, 6.45) is -0.445. The summed E-state index contributed by atoms with van der Waals surface area (Å²) in [5, 5.41) is 0. The Morgan fingerprint density at radius 3 is 2.33 bits per heavy atom. The van der Waals surface area contributed by atoms with Gasteiger partial charge in [0.15, 0.2) is 0 Å². The first kappa shape index (κ1) is 18.6. The molecule has 0 aliphatic heterocycles. The van der Waals surface area contributed by atoms with Crippen LogP contribution in [0.5, 0.6) is 0 Å². The largest absolute Gasteiger partial charge is 0.454 e. The number of rotatable bonds is 5. The molecule has 1 atom stereocenters. The first-order chi connectivity index (χ1) is 11.2. The standard InChI is InChI=1S/C17H18BrNO4S/c1-12(13-7-5-4-6-8-13)23-17(20)15-11-14(9-10-16(15)18)24(21,22)19(2)3/h4-12H,1-3H3/t12-/m1/s1. The Bertz CT molecular complexity index is 835. The number of sulfonamides is 1. The zero-order valence-electron chi connectivity index (χ0n) is 13.6. The summed E-state index contributed by atoms with van der Waals surface area (Å²) in [5.74, 6) is -0.589. The lowest BCUT2D eigenvalue weighted by Crippen LogP contribution is -2.22. The van der Waals surface area contributed by atoms with E-state index in [9.17, 15) is 13.2 Å². The minimum Gasteiger partial charge on any atom is -0.454 e. The average Bonchev–Trinajstić information content (AvgIpc) is 2.55. The Kier molecular flexibility index (Phi) is 5.79. The first-order valence-electron chi connectivity index (χ1n) is 7.21. The predicted octanol–water partition coefficient (Wildman–Crippen LogP) is 3.62. The SMILES string of the molecule is C[C@@H](OC(=O)c1cc(S(=O)(=O)N(C)C)ccc1Br)c1ccccc1. The van der Waals surface area contributed by atoms with Crippen molar-refractivity contribution in [3.05, 3.63) is 64.1 Å². The van der Waals surface area contributed by atoms with Gasteiger partial charge >= 0.3 is 5.97 Å². The van der Waals surface area contributed by atoms with Crippen LogP contribution in [-0.4, -0.2) is 32.8 Å². The molecule has 0 N–H and O–H groups in total. The molecule has 0 spiro atoms. The van der Waals surface area contributed by atoms with Crippen molar-refractivity contribution >= 4 is 31.9 Å². The molecular formula is C17H18BrNO4S. The molecule has 0 radical (unpaired) electrons. The lowest BCUT2D eigenvalue weighted by Gasteiger charge is -2.16. The zero-order valence-corrected chi connectivity index (χ0v) is 16.0. The molecule has 128 valence electrons. The maximum atomic E-state index is 12.4. The second-order valence-electron chi connectivity index (χ2n) is 5.39. The third-order valence-electron chi connectivity index (χ3n) is 3.49. The van der Waals surface area contributed by atoms with Crippen LogP contribution in [0.1, 0.15) is 28.9 Å². The summed E-state index contributed by atoms with van der Waals surface area (Å²) in [7, 11) is -0.751. The lowest BCUT2D eigenvalue weighted by molar-refractivity contribution is 0.0336. The molecule has 5 nitrogen and oxygen atoms in total. The van der Waals surface area contributed by atoms with Gasteiger partial charge in [-0.25, -0.2) is 17.5 Å². The second-order valence-corrected chi connectivity index (χ2v) is 8.39. The van der Waals surface area contributed by atoms with Crippen LogP contribution in [0.4, 0.5) is 0 Å². The summed E-state index contributed by atoms with van der Waals surface area (Å²) in [6, 6.07) is 13.6. The minimum absolute atomic E-state index is 0.0371. The van der Waals surface area contributed by atoms with Gasteiger partial charge in [-0.2, -0.15) is 0 Å². The molecular weight excluding hydrogens is 394 g/mol. The van der Waals surface area contributed by atoms with Crippen LogP contribution in [-0.2, 0) is 14.8 Å². The third-order valence-corrected chi connectivity index (χ3v) is 5.99. The number of halogens is 1. The van der Waals surface area contributed by atoms with Gasteiger partial charge in [-0.1, -0.05) is 30.3 Å². The van der Waals surface area contributed by atoms with E-state index in [1.165, 1.54) is 32.3 Å². The van der Waals surface area contributed by atoms with E-state index in [2.05, 4.69) is 15.9 Å². The van der Waals surface area contributed by atoms with Gasteiger partial charge in [-0.15, -0.1) is 0 Å². The van der Waals surface area contributed by atoms with Gasteiger partial charge in [0.05, 0.1) is 10.5 Å². The number of hydrogen-bond donors (Lipinski definition) is 0. The summed E-state index contributed by atoms with van der Waals surface area (Å²) in [6.45, 7) is 1.77. The molecule has 7 heteroatoms. The van der Waals surface area contributed by atoms with Crippen molar-refractivity contribution in [3.63, 3.8) is 0 Å². The number of esters is 1. The highest BCUT2D eigenvalue weighted by Crippen LogP contribution is 2.25. The molecule has 0 aromatic heterocycles. The lowest BCUT2D eigenvalue weighted by atomic mass is 10.1. The molecule has 0 saturated heterocycles. The van der Waals surface area contributed by atoms with Crippen molar-refractivity contribution in [1.29, 1.82) is 0 Å². The van der Waals surface area contributed by atoms with Gasteiger partial charge in [0.25, 0.3) is 0 Å². The van der Waals surface area contributed by atoms with Gasteiger partial charge in [0.2, 0.25) is 10.0 Å². The average molecular weight is 412 g/mol. The van der Waals surface area contributed by atoms with Gasteiger partial charge in [0, 0.05) is 18.6 Å². The summed E-state index contributed by atoms with van der Waals surface area (Å²) >= 11 is 3.27. The number of benzene rings is 2. The first-order valence-corrected chi connectivity index (χ1v) is 9.45. The molecule has 0 unspecified atom stereocenters. The highest BCUT2D eigenvalue weighted by atomic mass is 79.9. The van der Waals surface area contributed by atoms with Crippen LogP contribution in [0.3, 0.4) is 0 Å². The topological polar surface area (TPSA) is 63.7 Å². The van der Waals surface area contributed by atoms with E-state index in [1.54, 1.807) is 6.92 Å². The minimum atomic E-state index is -3.63. The van der Waals surface area contributed by atoms with Crippen LogP contribution in [0.2, 0.25) is 0 Å². The van der Waals surface area contributed by atoms with Gasteiger partial charge in [0.1, 0.15) is 6.10 Å². The number of nitrogens with zero attached hydrogens (tertiary/aromatic N) is 1. The van der Waals surface area contributed by atoms with Gasteiger partial charge in [-0.3, -0.25) is 0 Å². The fraction of sp³-hybridized carbons (Fsp3) is 0.235. The Hall–Kier alpha value is -1.70. The van der Waals surface area contributed by atoms with E-state index < -0.39 is 22.1 Å². The molecule has 0 bridgehead atoms. The van der Waals surface area contributed by atoms with Crippen molar-refractivity contribution in [2.75, 3.05) is 14.1 Å². The van der Waals surface area contributed by atoms with E-state index in [1.807, 2.05) is 30.3 Å². The molecule has 0 saturated carbocycles. The monoisotopic (exact) mass is 411 g/mol. The highest BCUT2D eigenvalue weighted by molar-refractivity contribution is 9.10. The van der Waals surface area contributed by atoms with Crippen LogP contribution in [0.15, 0.2) is 57.9 Å². The Morgan fingerprint density at radius 2 is 1.75 bits per heavy atom. The number of carbonyl (C=O) groups is 1. The van der Waals surface area contributed by atoms with E-state index in [0.717, 1.165) is 9.87 Å². The van der Waals surface area contributed by atoms with Crippen molar-refractivity contribution in [2.45, 2.75) is 17.9 Å². The fourth-order valence-electron chi connectivity index (χ4n) is 2.05. The second kappa shape index (κ2) is 7.46. The third kappa shape index (κ3) is 4.03. The van der Waals surface area contributed by atoms with Crippen LogP contribution in [0.25, 0.3) is 0 Å². The Labute approximate surface area is 150 Å². The van der Waals surface area contributed by atoms with E-state index in [0.29, 0.717) is 4.47 Å². The van der Waals surface area contributed by atoms with Crippen LogP contribution >= 0.6 is 15.9 Å². The van der Waals surface area contributed by atoms with E-state index in [-0.39, 0.29) is 10.5 Å². The van der Waals surface area contributed by atoms with E-state index >= 15 is 0 Å². The maximum absolute atomic E-state index is 12.4. The van der Waals surface area contributed by atoms with E-state index in [4.69, 9.17) is 4.74 Å². The van der Waals surface area contributed by atoms with Crippen molar-refractivity contribution in [1.82, 2.24) is 4.31 Å². The van der Waals surface area contributed by atoms with Crippen LogP contribution in [0, 0.1) is 0 Å². The molecule has 2 rings (SSSR count). The molecule has 24 heavy (non-hydrogen) atoms. The van der Waals surface area contributed by atoms with Crippen molar-refractivity contribution < 1.29 is 17.9 Å². The quantitative estimate of drug-likeness (QED) is 0.704. The number of carbonyl (C=O) groups excluding carboxylic acids is 1. The fourth-order valence-corrected chi connectivity index (χ4v) is 3.39.